The van der Waals surface area contributed by atoms with Crippen molar-refractivity contribution in [3.63, 3.8) is 0 Å². The van der Waals surface area contributed by atoms with Gasteiger partial charge in [-0.15, -0.1) is 0 Å². The first-order valence-electron chi connectivity index (χ1n) is 8.59. The molecule has 1 saturated carbocycles. The summed E-state index contributed by atoms with van der Waals surface area (Å²) in [5.41, 5.74) is 2.31. The first kappa shape index (κ1) is 18.1. The molecule has 134 valence electrons. The zero-order valence-electron chi connectivity index (χ0n) is 14.9. The van der Waals surface area contributed by atoms with Gasteiger partial charge in [0.05, 0.1) is 4.90 Å². The van der Waals surface area contributed by atoms with Crippen LogP contribution in [0, 0.1) is 26.7 Å². The van der Waals surface area contributed by atoms with E-state index in [9.17, 15) is 13.5 Å². The first-order chi connectivity index (χ1) is 11.7. The fourth-order valence-electron chi connectivity index (χ4n) is 3.28. The van der Waals surface area contributed by atoms with E-state index in [-0.39, 0.29) is 17.4 Å². The van der Waals surface area contributed by atoms with E-state index in [0.29, 0.717) is 5.56 Å². The van der Waals surface area contributed by atoms with Crippen LogP contribution in [-0.2, 0) is 15.6 Å². The number of sulfonamides is 1. The molecule has 0 aromatic heterocycles. The van der Waals surface area contributed by atoms with Gasteiger partial charge >= 0.3 is 0 Å². The van der Waals surface area contributed by atoms with Gasteiger partial charge in [0.1, 0.15) is 5.60 Å². The number of hydrogen-bond donors (Lipinski definition) is 2. The van der Waals surface area contributed by atoms with Gasteiger partial charge in [0.15, 0.2) is 0 Å². The summed E-state index contributed by atoms with van der Waals surface area (Å²) < 4.78 is 28.3. The van der Waals surface area contributed by atoms with E-state index in [1.54, 1.807) is 13.0 Å². The number of aryl methyl sites for hydroxylation is 3. The summed E-state index contributed by atoms with van der Waals surface area (Å²) in [6.07, 6.45) is 1.82. The third-order valence-electron chi connectivity index (χ3n) is 5.14. The average Bonchev–Trinajstić information content (AvgIpc) is 3.42. The molecule has 1 aliphatic rings. The molecule has 1 aliphatic carbocycles. The van der Waals surface area contributed by atoms with Crippen molar-refractivity contribution in [3.8, 4) is 0 Å². The van der Waals surface area contributed by atoms with E-state index in [0.717, 1.165) is 29.5 Å². The number of nitrogens with one attached hydrogen (secondary N) is 1. The molecule has 1 atom stereocenters. The molecule has 0 saturated heterocycles. The van der Waals surface area contributed by atoms with Crippen molar-refractivity contribution in [2.45, 2.75) is 44.1 Å². The predicted octanol–water partition coefficient (Wildman–Crippen LogP) is 3.19. The average molecular weight is 359 g/mol. The van der Waals surface area contributed by atoms with Gasteiger partial charge in [0.2, 0.25) is 10.0 Å². The quantitative estimate of drug-likeness (QED) is 0.832. The summed E-state index contributed by atoms with van der Waals surface area (Å²) in [7, 11) is -3.69. The summed E-state index contributed by atoms with van der Waals surface area (Å²) >= 11 is 0. The highest BCUT2D eigenvalue weighted by atomic mass is 32.2. The van der Waals surface area contributed by atoms with Crippen molar-refractivity contribution in [2.24, 2.45) is 5.92 Å². The standard InChI is InChI=1S/C20H25NO3S/c1-14-11-16(3)19(12-15(14)2)25(23,24)21-13-20(22,18-9-10-18)17-7-5-4-6-8-17/h4-8,11-12,18,21-22H,9-10,13H2,1-3H3/t20-/m0/s1. The molecule has 0 aliphatic heterocycles. The maximum absolute atomic E-state index is 12.8. The highest BCUT2D eigenvalue weighted by Gasteiger charge is 2.45. The fraction of sp³-hybridized carbons (Fsp3) is 0.400. The largest absolute Gasteiger partial charge is 0.383 e. The summed E-state index contributed by atoms with van der Waals surface area (Å²) in [6.45, 7) is 5.65. The molecule has 0 radical (unpaired) electrons. The van der Waals surface area contributed by atoms with E-state index in [1.165, 1.54) is 0 Å². The van der Waals surface area contributed by atoms with E-state index in [1.807, 2.05) is 50.2 Å². The number of aliphatic hydroxyl groups is 1. The van der Waals surface area contributed by atoms with Crippen LogP contribution in [0.1, 0.15) is 35.1 Å². The van der Waals surface area contributed by atoms with E-state index in [2.05, 4.69) is 4.72 Å². The molecule has 0 spiro atoms. The Morgan fingerprint density at radius 1 is 1.04 bits per heavy atom. The first-order valence-corrected chi connectivity index (χ1v) is 10.1. The molecule has 2 N–H and O–H groups in total. The van der Waals surface area contributed by atoms with Crippen LogP contribution >= 0.6 is 0 Å². The minimum Gasteiger partial charge on any atom is -0.383 e. The molecule has 25 heavy (non-hydrogen) atoms. The van der Waals surface area contributed by atoms with Gasteiger partial charge in [0, 0.05) is 6.54 Å². The lowest BCUT2D eigenvalue weighted by Gasteiger charge is -2.29. The molecule has 3 rings (SSSR count). The van der Waals surface area contributed by atoms with Crippen LogP contribution in [0.25, 0.3) is 0 Å². The lowest BCUT2D eigenvalue weighted by Crippen LogP contribution is -2.42. The molecule has 0 bridgehead atoms. The molecular formula is C20H25NO3S. The van der Waals surface area contributed by atoms with Gasteiger partial charge in [0.25, 0.3) is 0 Å². The van der Waals surface area contributed by atoms with Gasteiger partial charge in [-0.2, -0.15) is 0 Å². The second kappa shape index (κ2) is 6.56. The van der Waals surface area contributed by atoms with Gasteiger partial charge < -0.3 is 5.11 Å². The number of rotatable bonds is 6. The summed E-state index contributed by atoms with van der Waals surface area (Å²) in [6, 6.07) is 12.9. The third-order valence-corrected chi connectivity index (χ3v) is 6.68. The van der Waals surface area contributed by atoms with Gasteiger partial charge in [-0.25, -0.2) is 13.1 Å². The summed E-state index contributed by atoms with van der Waals surface area (Å²) in [5, 5.41) is 11.2. The highest BCUT2D eigenvalue weighted by Crippen LogP contribution is 2.45. The maximum Gasteiger partial charge on any atom is 0.240 e. The Morgan fingerprint density at radius 2 is 1.64 bits per heavy atom. The maximum atomic E-state index is 12.8. The SMILES string of the molecule is Cc1cc(C)c(S(=O)(=O)NC[C@](O)(c2ccccc2)C2CC2)cc1C. The molecule has 0 heterocycles. The molecular weight excluding hydrogens is 334 g/mol. The summed E-state index contributed by atoms with van der Waals surface area (Å²) in [4.78, 5) is 0.279. The van der Waals surface area contributed by atoms with Crippen molar-refractivity contribution < 1.29 is 13.5 Å². The van der Waals surface area contributed by atoms with Gasteiger partial charge in [-0.3, -0.25) is 0 Å². The molecule has 2 aromatic carbocycles. The van der Waals surface area contributed by atoms with Crippen molar-refractivity contribution in [1.29, 1.82) is 0 Å². The number of hydrogen-bond acceptors (Lipinski definition) is 3. The van der Waals surface area contributed by atoms with Gasteiger partial charge in [-0.05, 0) is 67.9 Å². The minimum atomic E-state index is -3.69. The number of benzene rings is 2. The molecule has 5 heteroatoms. The van der Waals surface area contributed by atoms with Crippen molar-refractivity contribution in [2.75, 3.05) is 6.54 Å². The van der Waals surface area contributed by atoms with Crippen LogP contribution in [0.4, 0.5) is 0 Å². The minimum absolute atomic E-state index is 0.0175. The van der Waals surface area contributed by atoms with Crippen molar-refractivity contribution in [1.82, 2.24) is 4.72 Å². The smallest absolute Gasteiger partial charge is 0.240 e. The molecule has 0 amide bonds. The Labute approximate surface area is 150 Å². The topological polar surface area (TPSA) is 66.4 Å². The molecule has 4 nitrogen and oxygen atoms in total. The van der Waals surface area contributed by atoms with E-state index in [4.69, 9.17) is 0 Å². The monoisotopic (exact) mass is 359 g/mol. The zero-order valence-corrected chi connectivity index (χ0v) is 15.7. The third kappa shape index (κ3) is 3.64. The second-order valence-electron chi connectivity index (χ2n) is 7.09. The summed E-state index contributed by atoms with van der Waals surface area (Å²) in [5.74, 6) is 0.0958. The Morgan fingerprint density at radius 3 is 2.24 bits per heavy atom. The lowest BCUT2D eigenvalue weighted by atomic mass is 9.89. The predicted molar refractivity (Wildman–Crippen MR) is 98.9 cm³/mol. The van der Waals surface area contributed by atoms with E-state index >= 15 is 0 Å². The fourth-order valence-corrected chi connectivity index (χ4v) is 4.66. The Hall–Kier alpha value is -1.69. The Balaban J connectivity index is 1.87. The Bertz CT molecular complexity index is 873. The molecule has 2 aromatic rings. The van der Waals surface area contributed by atoms with Crippen LogP contribution in [0.3, 0.4) is 0 Å². The van der Waals surface area contributed by atoms with Crippen LogP contribution in [0.2, 0.25) is 0 Å². The Kier molecular flexibility index (Phi) is 4.75. The van der Waals surface area contributed by atoms with Gasteiger partial charge in [-0.1, -0.05) is 36.4 Å². The highest BCUT2D eigenvalue weighted by molar-refractivity contribution is 7.89. The molecule has 1 fully saturated rings. The lowest BCUT2D eigenvalue weighted by molar-refractivity contribution is 0.0185. The van der Waals surface area contributed by atoms with Crippen molar-refractivity contribution in [3.05, 3.63) is 64.7 Å². The van der Waals surface area contributed by atoms with Crippen LogP contribution < -0.4 is 4.72 Å². The van der Waals surface area contributed by atoms with Crippen molar-refractivity contribution >= 4 is 10.0 Å². The normalized spacial score (nSPS) is 17.3. The molecule has 0 unspecified atom stereocenters. The zero-order chi connectivity index (χ0) is 18.2. The van der Waals surface area contributed by atoms with E-state index < -0.39 is 15.6 Å². The second-order valence-corrected chi connectivity index (χ2v) is 8.83. The van der Waals surface area contributed by atoms with Crippen LogP contribution in [-0.4, -0.2) is 20.1 Å². The van der Waals surface area contributed by atoms with Crippen LogP contribution in [0.5, 0.6) is 0 Å². The van der Waals surface area contributed by atoms with Crippen LogP contribution in [0.15, 0.2) is 47.4 Å².